The van der Waals surface area contributed by atoms with Crippen LogP contribution in [-0.2, 0) is 0 Å². The number of rotatable bonds is 5. The third kappa shape index (κ3) is 5.13. The zero-order valence-corrected chi connectivity index (χ0v) is 13.5. The van der Waals surface area contributed by atoms with Crippen LogP contribution >= 0.6 is 23.2 Å². The molecule has 2 aromatic rings. The first-order valence-corrected chi connectivity index (χ1v) is 7.49. The number of amides is 2. The maximum Gasteiger partial charge on any atom is 0.319 e. The van der Waals surface area contributed by atoms with Crippen LogP contribution in [0.1, 0.15) is 5.56 Å². The molecule has 22 heavy (non-hydrogen) atoms. The molecular formula is C16H16Cl2N2O2. The molecule has 2 amide bonds. The maximum absolute atomic E-state index is 11.8. The first kappa shape index (κ1) is 16.5. The predicted octanol–water partition coefficient (Wildman–Crippen LogP) is 4.50. The predicted molar refractivity (Wildman–Crippen MR) is 90.2 cm³/mol. The molecule has 0 spiro atoms. The summed E-state index contributed by atoms with van der Waals surface area (Å²) >= 11 is 11.8. The van der Waals surface area contributed by atoms with Gasteiger partial charge in [-0.1, -0.05) is 40.9 Å². The van der Waals surface area contributed by atoms with Gasteiger partial charge in [0.05, 0.1) is 17.3 Å². The number of hydrogen-bond donors (Lipinski definition) is 2. The van der Waals surface area contributed by atoms with Gasteiger partial charge < -0.3 is 15.4 Å². The van der Waals surface area contributed by atoms with Crippen molar-refractivity contribution in [3.05, 3.63) is 58.1 Å². The van der Waals surface area contributed by atoms with Gasteiger partial charge in [0.1, 0.15) is 12.4 Å². The van der Waals surface area contributed by atoms with Gasteiger partial charge in [0.2, 0.25) is 0 Å². The van der Waals surface area contributed by atoms with E-state index in [1.807, 2.05) is 31.2 Å². The van der Waals surface area contributed by atoms with E-state index in [9.17, 15) is 4.79 Å². The van der Waals surface area contributed by atoms with E-state index in [0.717, 1.165) is 5.75 Å². The van der Waals surface area contributed by atoms with Crippen molar-refractivity contribution in [2.45, 2.75) is 6.92 Å². The van der Waals surface area contributed by atoms with Crippen LogP contribution in [0.4, 0.5) is 10.5 Å². The summed E-state index contributed by atoms with van der Waals surface area (Å²) in [7, 11) is 0. The Bertz CT molecular complexity index is 645. The molecule has 6 heteroatoms. The van der Waals surface area contributed by atoms with Gasteiger partial charge in [-0.15, -0.1) is 0 Å². The first-order valence-electron chi connectivity index (χ1n) is 6.74. The van der Waals surface area contributed by atoms with Gasteiger partial charge >= 0.3 is 6.03 Å². The summed E-state index contributed by atoms with van der Waals surface area (Å²) in [6.07, 6.45) is 0. The average molecular weight is 339 g/mol. The fourth-order valence-corrected chi connectivity index (χ4v) is 2.06. The molecule has 0 aliphatic carbocycles. The lowest BCUT2D eigenvalue weighted by molar-refractivity contribution is 0.247. The monoisotopic (exact) mass is 338 g/mol. The molecule has 2 rings (SSSR count). The molecule has 0 atom stereocenters. The highest BCUT2D eigenvalue weighted by atomic mass is 35.5. The lowest BCUT2D eigenvalue weighted by Gasteiger charge is -2.10. The number of aryl methyl sites for hydroxylation is 1. The Hall–Kier alpha value is -1.91. The number of nitrogens with one attached hydrogen (secondary N) is 2. The van der Waals surface area contributed by atoms with Crippen molar-refractivity contribution in [3.8, 4) is 5.75 Å². The Morgan fingerprint density at radius 2 is 1.86 bits per heavy atom. The molecule has 0 aliphatic rings. The quantitative estimate of drug-likeness (QED) is 0.788. The summed E-state index contributed by atoms with van der Waals surface area (Å²) in [5.41, 5.74) is 1.63. The fourth-order valence-electron chi connectivity index (χ4n) is 1.73. The van der Waals surface area contributed by atoms with Gasteiger partial charge in [0.25, 0.3) is 0 Å². The van der Waals surface area contributed by atoms with Crippen LogP contribution in [0.25, 0.3) is 0 Å². The van der Waals surface area contributed by atoms with Crippen molar-refractivity contribution in [1.82, 2.24) is 5.32 Å². The van der Waals surface area contributed by atoms with Gasteiger partial charge in [-0.25, -0.2) is 4.79 Å². The van der Waals surface area contributed by atoms with Crippen molar-refractivity contribution >= 4 is 34.9 Å². The number of ether oxygens (including phenoxy) is 1. The Balaban J connectivity index is 1.74. The van der Waals surface area contributed by atoms with E-state index < -0.39 is 0 Å². The fraction of sp³-hybridized carbons (Fsp3) is 0.188. The Morgan fingerprint density at radius 1 is 1.14 bits per heavy atom. The SMILES string of the molecule is Cc1ccc(OCCNC(=O)Nc2cc(Cl)ccc2Cl)cc1. The Kier molecular flexibility index (Phi) is 5.92. The van der Waals surface area contributed by atoms with Gasteiger partial charge in [-0.05, 0) is 37.3 Å². The summed E-state index contributed by atoms with van der Waals surface area (Å²) in [5.74, 6) is 0.769. The molecule has 2 N–H and O–H groups in total. The molecule has 0 bridgehead atoms. The summed E-state index contributed by atoms with van der Waals surface area (Å²) in [4.78, 5) is 11.8. The molecule has 0 saturated heterocycles. The van der Waals surface area contributed by atoms with Gasteiger partial charge in [-0.2, -0.15) is 0 Å². The zero-order valence-electron chi connectivity index (χ0n) is 12.0. The van der Waals surface area contributed by atoms with Crippen LogP contribution in [0, 0.1) is 6.92 Å². The minimum Gasteiger partial charge on any atom is -0.492 e. The number of urea groups is 1. The molecule has 0 aliphatic heterocycles. The second-order valence-corrected chi connectivity index (χ2v) is 5.51. The van der Waals surface area contributed by atoms with Crippen molar-refractivity contribution in [2.75, 3.05) is 18.5 Å². The Labute approximate surface area is 139 Å². The topological polar surface area (TPSA) is 50.4 Å². The van der Waals surface area contributed by atoms with Gasteiger partial charge in [0, 0.05) is 5.02 Å². The van der Waals surface area contributed by atoms with Crippen LogP contribution in [0.15, 0.2) is 42.5 Å². The Morgan fingerprint density at radius 3 is 2.59 bits per heavy atom. The number of benzene rings is 2. The van der Waals surface area contributed by atoms with E-state index in [4.69, 9.17) is 27.9 Å². The second kappa shape index (κ2) is 7.92. The minimum atomic E-state index is -0.364. The highest BCUT2D eigenvalue weighted by molar-refractivity contribution is 6.35. The minimum absolute atomic E-state index is 0.364. The molecule has 4 nitrogen and oxygen atoms in total. The van der Waals surface area contributed by atoms with Crippen molar-refractivity contribution in [1.29, 1.82) is 0 Å². The maximum atomic E-state index is 11.8. The first-order chi connectivity index (χ1) is 10.5. The number of anilines is 1. The van der Waals surface area contributed by atoms with E-state index in [-0.39, 0.29) is 6.03 Å². The molecule has 0 radical (unpaired) electrons. The van der Waals surface area contributed by atoms with Crippen LogP contribution in [0.2, 0.25) is 10.0 Å². The summed E-state index contributed by atoms with van der Waals surface area (Å²) in [6, 6.07) is 12.2. The van der Waals surface area contributed by atoms with Crippen molar-refractivity contribution < 1.29 is 9.53 Å². The van der Waals surface area contributed by atoms with Crippen molar-refractivity contribution in [2.24, 2.45) is 0 Å². The smallest absolute Gasteiger partial charge is 0.319 e. The second-order valence-electron chi connectivity index (χ2n) is 4.67. The van der Waals surface area contributed by atoms with E-state index in [0.29, 0.717) is 28.9 Å². The van der Waals surface area contributed by atoms with E-state index >= 15 is 0 Å². The van der Waals surface area contributed by atoms with E-state index in [1.165, 1.54) is 5.56 Å². The molecule has 2 aromatic carbocycles. The van der Waals surface area contributed by atoms with Crippen molar-refractivity contribution in [3.63, 3.8) is 0 Å². The largest absolute Gasteiger partial charge is 0.492 e. The summed E-state index contributed by atoms with van der Waals surface area (Å²) in [6.45, 7) is 2.76. The highest BCUT2D eigenvalue weighted by Crippen LogP contribution is 2.25. The van der Waals surface area contributed by atoms with Crippen LogP contribution in [0.5, 0.6) is 5.75 Å². The molecule has 116 valence electrons. The van der Waals surface area contributed by atoms with Gasteiger partial charge in [0.15, 0.2) is 0 Å². The third-order valence-electron chi connectivity index (χ3n) is 2.85. The number of carbonyl (C=O) groups is 1. The molecule has 0 fully saturated rings. The van der Waals surface area contributed by atoms with Crippen LogP contribution < -0.4 is 15.4 Å². The molecule has 0 unspecified atom stereocenters. The summed E-state index contributed by atoms with van der Waals surface area (Å²) in [5, 5.41) is 6.25. The third-order valence-corrected chi connectivity index (χ3v) is 3.42. The standard InChI is InChI=1S/C16H16Cl2N2O2/c1-11-2-5-13(6-3-11)22-9-8-19-16(21)20-15-10-12(17)4-7-14(15)18/h2-7,10H,8-9H2,1H3,(H2,19,20,21). The normalized spacial score (nSPS) is 10.1. The van der Waals surface area contributed by atoms with Crippen LogP contribution in [-0.4, -0.2) is 19.2 Å². The lowest BCUT2D eigenvalue weighted by atomic mass is 10.2. The number of halogens is 2. The highest BCUT2D eigenvalue weighted by Gasteiger charge is 2.05. The summed E-state index contributed by atoms with van der Waals surface area (Å²) < 4.78 is 5.51. The molecular weight excluding hydrogens is 323 g/mol. The van der Waals surface area contributed by atoms with E-state index in [2.05, 4.69) is 10.6 Å². The lowest BCUT2D eigenvalue weighted by Crippen LogP contribution is -2.32. The molecule has 0 heterocycles. The molecule has 0 saturated carbocycles. The average Bonchev–Trinajstić information content (AvgIpc) is 2.49. The molecule has 0 aromatic heterocycles. The number of hydrogen-bond acceptors (Lipinski definition) is 2. The van der Waals surface area contributed by atoms with Gasteiger partial charge in [-0.3, -0.25) is 0 Å². The zero-order chi connectivity index (χ0) is 15.9. The van der Waals surface area contributed by atoms with Crippen LogP contribution in [0.3, 0.4) is 0 Å². The van der Waals surface area contributed by atoms with E-state index in [1.54, 1.807) is 18.2 Å². The number of carbonyl (C=O) groups excluding carboxylic acids is 1.